The van der Waals surface area contributed by atoms with Crippen LogP contribution < -0.4 is 4.74 Å². The number of phenols is 1. The van der Waals surface area contributed by atoms with Gasteiger partial charge in [-0.05, 0) is 62.6 Å². The van der Waals surface area contributed by atoms with Gasteiger partial charge in [0, 0.05) is 18.2 Å². The van der Waals surface area contributed by atoms with Crippen LogP contribution in [0.3, 0.4) is 0 Å². The SMILES string of the molecule is Oc1ccc2c3c1O[C@H]1C(O)CC[C@@]4(O)[C@@H](C2)N(CC2CCC2)CCC314. The molecule has 6 rings (SSSR count). The molecule has 2 bridgehead atoms. The van der Waals surface area contributed by atoms with Crippen molar-refractivity contribution in [1.29, 1.82) is 0 Å². The second-order valence-electron chi connectivity index (χ2n) is 9.25. The van der Waals surface area contributed by atoms with Gasteiger partial charge in [-0.1, -0.05) is 12.5 Å². The second kappa shape index (κ2) is 4.94. The van der Waals surface area contributed by atoms with Crippen molar-refractivity contribution in [1.82, 2.24) is 4.90 Å². The average molecular weight is 357 g/mol. The number of aliphatic hydroxyl groups is 2. The summed E-state index contributed by atoms with van der Waals surface area (Å²) in [7, 11) is 0. The lowest BCUT2D eigenvalue weighted by Gasteiger charge is -2.64. The predicted octanol–water partition coefficient (Wildman–Crippen LogP) is 1.71. The molecule has 140 valence electrons. The number of hydrogen-bond donors (Lipinski definition) is 3. The molecule has 3 fully saturated rings. The van der Waals surface area contributed by atoms with Crippen LogP contribution in [-0.4, -0.2) is 57.2 Å². The van der Waals surface area contributed by atoms with Gasteiger partial charge >= 0.3 is 0 Å². The van der Waals surface area contributed by atoms with Gasteiger partial charge in [-0.3, -0.25) is 4.90 Å². The highest BCUT2D eigenvalue weighted by Crippen LogP contribution is 2.65. The third-order valence-electron chi connectivity index (χ3n) is 8.26. The molecule has 5 atom stereocenters. The van der Waals surface area contributed by atoms with Crippen LogP contribution >= 0.6 is 0 Å². The Kier molecular flexibility index (Phi) is 2.99. The van der Waals surface area contributed by atoms with Crippen molar-refractivity contribution >= 4 is 0 Å². The number of piperidine rings is 1. The van der Waals surface area contributed by atoms with Crippen LogP contribution in [0.2, 0.25) is 0 Å². The number of hydrogen-bond acceptors (Lipinski definition) is 5. The summed E-state index contributed by atoms with van der Waals surface area (Å²) in [5.41, 5.74) is 0.712. The predicted molar refractivity (Wildman–Crippen MR) is 95.4 cm³/mol. The largest absolute Gasteiger partial charge is 0.504 e. The van der Waals surface area contributed by atoms with E-state index in [1.54, 1.807) is 6.07 Å². The van der Waals surface area contributed by atoms with Crippen molar-refractivity contribution < 1.29 is 20.1 Å². The van der Waals surface area contributed by atoms with E-state index >= 15 is 0 Å². The van der Waals surface area contributed by atoms with Crippen molar-refractivity contribution in [3.8, 4) is 11.5 Å². The van der Waals surface area contributed by atoms with E-state index in [0.29, 0.717) is 18.6 Å². The van der Waals surface area contributed by atoms with Crippen LogP contribution in [0.4, 0.5) is 0 Å². The minimum atomic E-state index is -0.884. The van der Waals surface area contributed by atoms with E-state index in [2.05, 4.69) is 4.90 Å². The molecular weight excluding hydrogens is 330 g/mol. The highest BCUT2D eigenvalue weighted by molar-refractivity contribution is 5.62. The van der Waals surface area contributed by atoms with E-state index < -0.39 is 23.2 Å². The standard InChI is InChI=1S/C21H27NO4/c23-14-5-4-13-10-16-21(25)7-6-15(24)19-20(21,17(13)18(14)26-19)8-9-22(16)11-12-2-1-3-12/h4-5,12,15-16,19,23-25H,1-3,6-11H2/t15?,16-,19+,20?,21-/m1/s1. The molecule has 3 N–H and O–H groups in total. The molecular formula is C21H27NO4. The van der Waals surface area contributed by atoms with Gasteiger partial charge in [-0.15, -0.1) is 0 Å². The molecule has 2 saturated carbocycles. The van der Waals surface area contributed by atoms with Crippen molar-refractivity contribution in [3.63, 3.8) is 0 Å². The van der Waals surface area contributed by atoms with Crippen LogP contribution in [-0.2, 0) is 11.8 Å². The maximum Gasteiger partial charge on any atom is 0.165 e. The van der Waals surface area contributed by atoms with Crippen molar-refractivity contribution in [2.24, 2.45) is 5.92 Å². The number of ether oxygens (including phenoxy) is 1. The molecule has 3 aliphatic carbocycles. The summed E-state index contributed by atoms with van der Waals surface area (Å²) in [6.07, 6.45) is 5.68. The molecule has 5 heteroatoms. The molecule has 1 saturated heterocycles. The number of likely N-dealkylation sites (tertiary alicyclic amines) is 1. The van der Waals surface area contributed by atoms with E-state index in [0.717, 1.165) is 37.4 Å². The number of aliphatic hydroxyl groups excluding tert-OH is 1. The van der Waals surface area contributed by atoms with E-state index in [1.807, 2.05) is 6.07 Å². The first-order valence-electron chi connectivity index (χ1n) is 10.2. The van der Waals surface area contributed by atoms with E-state index in [4.69, 9.17) is 4.74 Å². The minimum Gasteiger partial charge on any atom is -0.504 e. The van der Waals surface area contributed by atoms with E-state index in [1.165, 1.54) is 24.8 Å². The molecule has 26 heavy (non-hydrogen) atoms. The third-order valence-corrected chi connectivity index (χ3v) is 8.26. The summed E-state index contributed by atoms with van der Waals surface area (Å²) in [5.74, 6) is 1.42. The lowest BCUT2D eigenvalue weighted by atomic mass is 9.48. The maximum atomic E-state index is 12.1. The Balaban J connectivity index is 1.52. The Bertz CT molecular complexity index is 778. The smallest absolute Gasteiger partial charge is 0.165 e. The van der Waals surface area contributed by atoms with Crippen LogP contribution in [0.1, 0.15) is 49.7 Å². The molecule has 1 aromatic rings. The number of aromatic hydroxyl groups is 1. The molecule has 5 nitrogen and oxygen atoms in total. The molecule has 1 aromatic carbocycles. The van der Waals surface area contributed by atoms with Gasteiger partial charge in [0.15, 0.2) is 11.5 Å². The molecule has 0 aromatic heterocycles. The Morgan fingerprint density at radius 2 is 2.04 bits per heavy atom. The van der Waals surface area contributed by atoms with Crippen LogP contribution in [0.5, 0.6) is 11.5 Å². The first kappa shape index (κ1) is 15.7. The second-order valence-corrected chi connectivity index (χ2v) is 9.25. The summed E-state index contributed by atoms with van der Waals surface area (Å²) >= 11 is 0. The van der Waals surface area contributed by atoms with Crippen molar-refractivity contribution in [3.05, 3.63) is 23.3 Å². The highest BCUT2D eigenvalue weighted by atomic mass is 16.5. The average Bonchev–Trinajstić information content (AvgIpc) is 2.93. The van der Waals surface area contributed by atoms with Crippen LogP contribution in [0.25, 0.3) is 0 Å². The molecule has 2 unspecified atom stereocenters. The van der Waals surface area contributed by atoms with Gasteiger partial charge in [0.25, 0.3) is 0 Å². The number of phenolic OH excluding ortho intramolecular Hbond substituents is 1. The maximum absolute atomic E-state index is 12.1. The highest BCUT2D eigenvalue weighted by Gasteiger charge is 2.72. The molecule has 2 heterocycles. The monoisotopic (exact) mass is 357 g/mol. The molecule has 2 aliphatic heterocycles. The quantitative estimate of drug-likeness (QED) is 0.751. The third kappa shape index (κ3) is 1.64. The fraction of sp³-hybridized carbons (Fsp3) is 0.714. The molecule has 0 amide bonds. The lowest BCUT2D eigenvalue weighted by Crippen LogP contribution is -2.77. The minimum absolute atomic E-state index is 0.0819. The zero-order valence-electron chi connectivity index (χ0n) is 15.0. The van der Waals surface area contributed by atoms with Gasteiger partial charge < -0.3 is 20.1 Å². The van der Waals surface area contributed by atoms with Crippen molar-refractivity contribution in [2.45, 2.75) is 74.2 Å². The normalized spacial score (nSPS) is 43.5. The van der Waals surface area contributed by atoms with Crippen LogP contribution in [0.15, 0.2) is 12.1 Å². The summed E-state index contributed by atoms with van der Waals surface area (Å²) in [5, 5.41) is 33.2. The summed E-state index contributed by atoms with van der Waals surface area (Å²) in [6.45, 7) is 2.02. The van der Waals surface area contributed by atoms with Crippen molar-refractivity contribution in [2.75, 3.05) is 13.1 Å². The summed E-state index contributed by atoms with van der Waals surface area (Å²) in [6, 6.07) is 3.80. The first-order valence-corrected chi connectivity index (χ1v) is 10.2. The lowest BCUT2D eigenvalue weighted by molar-refractivity contribution is -0.209. The van der Waals surface area contributed by atoms with Gasteiger partial charge in [0.05, 0.1) is 17.1 Å². The number of nitrogens with zero attached hydrogens (tertiary/aromatic N) is 1. The molecule has 1 spiro atoms. The van der Waals surface area contributed by atoms with E-state index in [-0.39, 0.29) is 11.8 Å². The number of benzene rings is 1. The van der Waals surface area contributed by atoms with Gasteiger partial charge in [0.1, 0.15) is 6.10 Å². The molecule has 0 radical (unpaired) electrons. The number of rotatable bonds is 2. The first-order chi connectivity index (χ1) is 12.5. The Morgan fingerprint density at radius 3 is 2.81 bits per heavy atom. The van der Waals surface area contributed by atoms with Crippen LogP contribution in [0, 0.1) is 5.92 Å². The Labute approximate surface area is 153 Å². The zero-order valence-corrected chi connectivity index (χ0v) is 15.0. The topological polar surface area (TPSA) is 73.2 Å². The van der Waals surface area contributed by atoms with E-state index in [9.17, 15) is 15.3 Å². The summed E-state index contributed by atoms with van der Waals surface area (Å²) in [4.78, 5) is 2.53. The molecule has 5 aliphatic rings. The van der Waals surface area contributed by atoms with Gasteiger partial charge in [0.2, 0.25) is 0 Å². The van der Waals surface area contributed by atoms with Gasteiger partial charge in [-0.2, -0.15) is 0 Å². The van der Waals surface area contributed by atoms with Gasteiger partial charge in [-0.25, -0.2) is 0 Å². The zero-order chi connectivity index (χ0) is 17.7. The fourth-order valence-corrected chi connectivity index (χ4v) is 6.83. The Hall–Kier alpha value is -1.30. The fourth-order valence-electron chi connectivity index (χ4n) is 6.83. The summed E-state index contributed by atoms with van der Waals surface area (Å²) < 4.78 is 6.16. The Morgan fingerprint density at radius 1 is 1.19 bits per heavy atom.